The predicted molar refractivity (Wildman–Crippen MR) is 117 cm³/mol. The summed E-state index contributed by atoms with van der Waals surface area (Å²) < 4.78 is 27.7. The molecule has 3 rings (SSSR count). The van der Waals surface area contributed by atoms with Gasteiger partial charge in [-0.3, -0.25) is 4.79 Å². The number of rotatable bonds is 5. The Balaban J connectivity index is 0.00000210. The first-order valence-corrected chi connectivity index (χ1v) is 11.7. The smallest absolute Gasteiger partial charge is 0.243 e. The molecular weight excluding hydrogens is 384 g/mol. The summed E-state index contributed by atoms with van der Waals surface area (Å²) in [6.07, 6.45) is 10.2. The van der Waals surface area contributed by atoms with Crippen LogP contribution in [0.5, 0.6) is 0 Å². The minimum atomic E-state index is -3.52. The van der Waals surface area contributed by atoms with Crippen molar-refractivity contribution in [1.82, 2.24) is 9.62 Å². The molecule has 1 atom stereocenters. The van der Waals surface area contributed by atoms with E-state index in [4.69, 9.17) is 0 Å². The summed E-state index contributed by atoms with van der Waals surface area (Å²) in [6.45, 7) is 0.919. The molecule has 6 heteroatoms. The highest BCUT2D eigenvalue weighted by Crippen LogP contribution is 2.26. The number of carbonyl (C=O) groups is 1. The molecular formula is C23H35N2O3S. The largest absolute Gasteiger partial charge is 0.354 e. The van der Waals surface area contributed by atoms with Crippen molar-refractivity contribution < 1.29 is 13.2 Å². The maximum atomic E-state index is 13.0. The monoisotopic (exact) mass is 419 g/mol. The zero-order chi connectivity index (χ0) is 19.1. The van der Waals surface area contributed by atoms with Crippen molar-refractivity contribution >= 4 is 15.9 Å². The third kappa shape index (κ3) is 6.82. The van der Waals surface area contributed by atoms with E-state index in [0.29, 0.717) is 18.0 Å². The predicted octanol–water partition coefficient (Wildman–Crippen LogP) is 4.32. The van der Waals surface area contributed by atoms with Crippen LogP contribution in [0.15, 0.2) is 35.2 Å². The molecule has 0 spiro atoms. The van der Waals surface area contributed by atoms with Crippen molar-refractivity contribution in [2.24, 2.45) is 0 Å². The molecule has 5 radical (unpaired) electrons. The fraction of sp³-hybridized carbons (Fsp3) is 0.565. The summed E-state index contributed by atoms with van der Waals surface area (Å²) in [5, 5.41) is 3.04. The number of sulfonamides is 1. The van der Waals surface area contributed by atoms with Crippen molar-refractivity contribution in [3.63, 3.8) is 0 Å². The van der Waals surface area contributed by atoms with Crippen LogP contribution in [-0.2, 0) is 14.8 Å². The third-order valence-corrected chi connectivity index (χ3v) is 7.67. The number of hydrogen-bond donors (Lipinski definition) is 1. The Labute approximate surface area is 178 Å². The molecule has 161 valence electrons. The summed E-state index contributed by atoms with van der Waals surface area (Å²) in [5.74, 6) is 1.02. The van der Waals surface area contributed by atoms with Crippen LogP contribution < -0.4 is 5.32 Å². The van der Waals surface area contributed by atoms with Gasteiger partial charge in [-0.25, -0.2) is 8.42 Å². The summed E-state index contributed by atoms with van der Waals surface area (Å²) >= 11 is 0. The van der Waals surface area contributed by atoms with Crippen LogP contribution in [0.1, 0.15) is 64.2 Å². The van der Waals surface area contributed by atoms with Gasteiger partial charge in [0.2, 0.25) is 15.9 Å². The standard InChI is InChI=1S/C21H31N2O3S.2CH2/c24-21(18-11-5-2-1-3-6-12-18)22-17-19-13-9-10-16-23(19)27(25,26)20-14-7-4-8-15-20;;/h4,7-8,14-15,19H,1-3,5-6,9-13,16-17H2,(H,22,24);2*1H2. The lowest BCUT2D eigenvalue weighted by Crippen LogP contribution is -2.49. The van der Waals surface area contributed by atoms with Gasteiger partial charge in [-0.15, -0.1) is 0 Å². The van der Waals surface area contributed by atoms with Crippen LogP contribution in [0.4, 0.5) is 0 Å². The molecule has 0 bridgehead atoms. The maximum Gasteiger partial charge on any atom is 0.243 e. The van der Waals surface area contributed by atoms with Gasteiger partial charge in [0.25, 0.3) is 0 Å². The van der Waals surface area contributed by atoms with Crippen molar-refractivity contribution in [3.05, 3.63) is 51.1 Å². The summed E-state index contributed by atoms with van der Waals surface area (Å²) in [7, 11) is -3.52. The van der Waals surface area contributed by atoms with Gasteiger partial charge >= 0.3 is 0 Å². The molecule has 1 amide bonds. The van der Waals surface area contributed by atoms with E-state index in [1.54, 1.807) is 28.6 Å². The van der Waals surface area contributed by atoms with Gasteiger partial charge in [0.15, 0.2) is 0 Å². The van der Waals surface area contributed by atoms with Gasteiger partial charge < -0.3 is 5.32 Å². The number of benzene rings is 1. The average molecular weight is 420 g/mol. The second kappa shape index (κ2) is 12.3. The second-order valence-electron chi connectivity index (χ2n) is 7.66. The van der Waals surface area contributed by atoms with Crippen molar-refractivity contribution in [1.29, 1.82) is 0 Å². The first-order valence-electron chi connectivity index (χ1n) is 10.3. The lowest BCUT2D eigenvalue weighted by Gasteiger charge is -2.35. The minimum Gasteiger partial charge on any atom is -0.354 e. The van der Waals surface area contributed by atoms with Crippen LogP contribution in [0.2, 0.25) is 0 Å². The first kappa shape index (κ1) is 25.6. The average Bonchev–Trinajstić information content (AvgIpc) is 2.67. The van der Waals surface area contributed by atoms with Gasteiger partial charge in [0, 0.05) is 19.1 Å². The molecule has 1 saturated heterocycles. The van der Waals surface area contributed by atoms with E-state index in [1.165, 1.54) is 19.3 Å². The molecule has 1 unspecified atom stereocenters. The highest BCUT2D eigenvalue weighted by molar-refractivity contribution is 7.89. The van der Waals surface area contributed by atoms with Crippen LogP contribution in [-0.4, -0.2) is 37.8 Å². The Morgan fingerprint density at radius 2 is 1.55 bits per heavy atom. The van der Waals surface area contributed by atoms with Gasteiger partial charge in [-0.1, -0.05) is 71.6 Å². The molecule has 2 aliphatic rings. The lowest BCUT2D eigenvalue weighted by molar-refractivity contribution is -0.120. The third-order valence-electron chi connectivity index (χ3n) is 5.70. The highest BCUT2D eigenvalue weighted by atomic mass is 32.2. The SMILES string of the molecule is O=C(NCC1CCCCN1S(=O)(=O)c1ccccc1)[C]1CCCCCCC1.[CH2].[CH2]. The van der Waals surface area contributed by atoms with Gasteiger partial charge in [-0.05, 0) is 37.8 Å². The molecule has 1 aromatic carbocycles. The Hall–Kier alpha value is -1.40. The molecule has 0 aromatic heterocycles. The van der Waals surface area contributed by atoms with Crippen LogP contribution >= 0.6 is 0 Å². The van der Waals surface area contributed by atoms with Crippen LogP contribution in [0.3, 0.4) is 0 Å². The Morgan fingerprint density at radius 3 is 2.21 bits per heavy atom. The van der Waals surface area contributed by atoms with Crippen LogP contribution in [0.25, 0.3) is 0 Å². The number of hydrogen-bond acceptors (Lipinski definition) is 3. The molecule has 1 aliphatic carbocycles. The maximum absolute atomic E-state index is 13.0. The van der Waals surface area contributed by atoms with Gasteiger partial charge in [0.05, 0.1) is 10.8 Å². The Kier molecular flexibility index (Phi) is 10.9. The molecule has 29 heavy (non-hydrogen) atoms. The lowest BCUT2D eigenvalue weighted by atomic mass is 9.90. The zero-order valence-electron chi connectivity index (χ0n) is 17.4. The normalized spacial score (nSPS) is 21.7. The zero-order valence-corrected chi connectivity index (χ0v) is 18.3. The first-order chi connectivity index (χ1) is 13.1. The summed E-state index contributed by atoms with van der Waals surface area (Å²) in [4.78, 5) is 12.9. The Bertz CT molecular complexity index is 698. The van der Waals surface area contributed by atoms with Crippen molar-refractivity contribution in [2.75, 3.05) is 13.1 Å². The number of carbonyl (C=O) groups excluding carboxylic acids is 1. The van der Waals surface area contributed by atoms with E-state index in [2.05, 4.69) is 5.32 Å². The van der Waals surface area contributed by atoms with E-state index < -0.39 is 10.0 Å². The molecule has 1 aromatic rings. The van der Waals surface area contributed by atoms with E-state index >= 15 is 0 Å². The van der Waals surface area contributed by atoms with Crippen molar-refractivity contribution in [3.8, 4) is 0 Å². The van der Waals surface area contributed by atoms with E-state index in [9.17, 15) is 13.2 Å². The van der Waals surface area contributed by atoms with E-state index in [0.717, 1.165) is 50.9 Å². The number of nitrogens with zero attached hydrogens (tertiary/aromatic N) is 1. The molecule has 5 nitrogen and oxygen atoms in total. The van der Waals surface area contributed by atoms with E-state index in [-0.39, 0.29) is 26.8 Å². The van der Waals surface area contributed by atoms with Gasteiger partial charge in [0.1, 0.15) is 0 Å². The number of nitrogens with one attached hydrogen (secondary N) is 1. The minimum absolute atomic E-state index is 0. The second-order valence-corrected chi connectivity index (χ2v) is 9.55. The number of amides is 1. The highest BCUT2D eigenvalue weighted by Gasteiger charge is 2.34. The Morgan fingerprint density at radius 1 is 0.931 bits per heavy atom. The molecule has 1 saturated carbocycles. The van der Waals surface area contributed by atoms with E-state index in [1.807, 2.05) is 6.07 Å². The molecule has 1 aliphatic heterocycles. The quantitative estimate of drug-likeness (QED) is 0.773. The van der Waals surface area contributed by atoms with Crippen molar-refractivity contribution in [2.45, 2.75) is 75.1 Å². The van der Waals surface area contributed by atoms with Gasteiger partial charge in [-0.2, -0.15) is 4.31 Å². The molecule has 2 fully saturated rings. The topological polar surface area (TPSA) is 66.5 Å². The fourth-order valence-corrected chi connectivity index (χ4v) is 5.83. The summed E-state index contributed by atoms with van der Waals surface area (Å²) in [6, 6.07) is 8.44. The molecule has 1 N–H and O–H groups in total. The fourth-order valence-electron chi connectivity index (χ4n) is 4.12. The summed E-state index contributed by atoms with van der Waals surface area (Å²) in [5.41, 5.74) is 0. The number of piperidine rings is 1. The molecule has 1 heterocycles. The van der Waals surface area contributed by atoms with Crippen LogP contribution in [0, 0.1) is 20.8 Å².